The molecule has 0 heterocycles. The molecule has 0 spiro atoms. The first-order chi connectivity index (χ1) is 14.6. The molecule has 168 valence electrons. The number of hydrogen-bond acceptors (Lipinski definition) is 6. The molecule has 2 rings (SSSR count). The van der Waals surface area contributed by atoms with Gasteiger partial charge in [0.15, 0.2) is 0 Å². The maximum atomic E-state index is 12.3. The van der Waals surface area contributed by atoms with Gasteiger partial charge in [-0.25, -0.2) is 4.79 Å². The van der Waals surface area contributed by atoms with Gasteiger partial charge in [-0.05, 0) is 56.2 Å². The van der Waals surface area contributed by atoms with E-state index in [0.717, 1.165) is 22.1 Å². The van der Waals surface area contributed by atoms with Gasteiger partial charge in [0, 0.05) is 0 Å². The molecule has 0 aliphatic rings. The topological polar surface area (TPSA) is 103 Å². The van der Waals surface area contributed by atoms with Crippen molar-refractivity contribution in [3.05, 3.63) is 42.0 Å². The second kappa shape index (κ2) is 10.7. The van der Waals surface area contributed by atoms with E-state index in [0.29, 0.717) is 0 Å². The largest absolute Gasteiger partial charge is 0.497 e. The van der Waals surface area contributed by atoms with Crippen molar-refractivity contribution < 1.29 is 28.6 Å². The Balaban J connectivity index is 1.75. The molecular formula is C23H30N2O6. The molecule has 2 aromatic carbocycles. The number of carbonyl (C=O) groups is 3. The summed E-state index contributed by atoms with van der Waals surface area (Å²) < 4.78 is 15.5. The third-order valence-corrected chi connectivity index (χ3v) is 4.39. The summed E-state index contributed by atoms with van der Waals surface area (Å²) >= 11 is 0. The zero-order valence-corrected chi connectivity index (χ0v) is 18.6. The first kappa shape index (κ1) is 24.0. The van der Waals surface area contributed by atoms with Crippen LogP contribution in [0.2, 0.25) is 0 Å². The maximum absolute atomic E-state index is 12.3. The molecule has 1 atom stereocenters. The van der Waals surface area contributed by atoms with Crippen LogP contribution in [0.15, 0.2) is 36.4 Å². The summed E-state index contributed by atoms with van der Waals surface area (Å²) in [6, 6.07) is 11.5. The summed E-state index contributed by atoms with van der Waals surface area (Å²) in [5.74, 6) is -0.457. The highest BCUT2D eigenvalue weighted by molar-refractivity contribution is 5.87. The highest BCUT2D eigenvalue weighted by Crippen LogP contribution is 2.25. The van der Waals surface area contributed by atoms with Crippen LogP contribution in [0, 0.1) is 0 Å². The van der Waals surface area contributed by atoms with Gasteiger partial charge in [-0.3, -0.25) is 9.59 Å². The summed E-state index contributed by atoms with van der Waals surface area (Å²) in [7, 11) is 1.62. The molecule has 0 fully saturated rings. The minimum atomic E-state index is -0.670. The van der Waals surface area contributed by atoms with Crippen LogP contribution in [0.1, 0.15) is 39.2 Å². The van der Waals surface area contributed by atoms with Crippen LogP contribution in [0.5, 0.6) is 5.75 Å². The molecule has 0 saturated carbocycles. The Morgan fingerprint density at radius 1 is 1.00 bits per heavy atom. The molecule has 0 aromatic heterocycles. The lowest BCUT2D eigenvalue weighted by Crippen LogP contribution is -2.40. The molecule has 0 radical (unpaired) electrons. The van der Waals surface area contributed by atoms with E-state index in [2.05, 4.69) is 10.6 Å². The third kappa shape index (κ3) is 7.81. The van der Waals surface area contributed by atoms with Crippen LogP contribution in [-0.2, 0) is 19.1 Å². The van der Waals surface area contributed by atoms with Crippen molar-refractivity contribution in [2.75, 3.05) is 26.8 Å². The highest BCUT2D eigenvalue weighted by atomic mass is 16.6. The predicted octanol–water partition coefficient (Wildman–Crippen LogP) is 3.14. The molecule has 0 aliphatic carbocycles. The lowest BCUT2D eigenvalue weighted by atomic mass is 9.98. The van der Waals surface area contributed by atoms with Crippen molar-refractivity contribution >= 4 is 28.7 Å². The van der Waals surface area contributed by atoms with Crippen LogP contribution >= 0.6 is 0 Å². The van der Waals surface area contributed by atoms with Crippen LogP contribution in [-0.4, -0.2) is 50.4 Å². The van der Waals surface area contributed by atoms with Crippen molar-refractivity contribution in [2.45, 2.75) is 39.2 Å². The van der Waals surface area contributed by atoms with Crippen LogP contribution in [0.4, 0.5) is 4.79 Å². The Morgan fingerprint density at radius 3 is 2.35 bits per heavy atom. The van der Waals surface area contributed by atoms with Gasteiger partial charge in [-0.2, -0.15) is 0 Å². The van der Waals surface area contributed by atoms with E-state index in [4.69, 9.17) is 14.2 Å². The fourth-order valence-electron chi connectivity index (χ4n) is 2.77. The van der Waals surface area contributed by atoms with E-state index in [1.54, 1.807) is 34.8 Å². The second-order valence-electron chi connectivity index (χ2n) is 8.07. The molecule has 2 aromatic rings. The van der Waals surface area contributed by atoms with Crippen LogP contribution < -0.4 is 15.4 Å². The van der Waals surface area contributed by atoms with Crippen molar-refractivity contribution in [1.82, 2.24) is 10.6 Å². The molecule has 0 unspecified atom stereocenters. The number of fused-ring (bicyclic) bond motifs is 1. The summed E-state index contributed by atoms with van der Waals surface area (Å²) in [6.07, 6.45) is -0.670. The zero-order chi connectivity index (χ0) is 23.0. The van der Waals surface area contributed by atoms with Crippen LogP contribution in [0.25, 0.3) is 10.8 Å². The first-order valence-electron chi connectivity index (χ1n) is 10.1. The Hall–Kier alpha value is -3.29. The molecule has 2 amide bonds. The number of nitrogens with one attached hydrogen (secondary N) is 2. The molecule has 8 heteroatoms. The van der Waals surface area contributed by atoms with Gasteiger partial charge >= 0.3 is 12.1 Å². The number of esters is 1. The van der Waals surface area contributed by atoms with E-state index < -0.39 is 23.5 Å². The van der Waals surface area contributed by atoms with E-state index in [1.807, 2.05) is 36.4 Å². The van der Waals surface area contributed by atoms with Crippen LogP contribution in [0.3, 0.4) is 0 Å². The maximum Gasteiger partial charge on any atom is 0.408 e. The lowest BCUT2D eigenvalue weighted by molar-refractivity contribution is -0.145. The first-order valence-corrected chi connectivity index (χ1v) is 10.1. The number of benzene rings is 2. The number of alkyl carbamates (subject to hydrolysis) is 1. The molecule has 31 heavy (non-hydrogen) atoms. The third-order valence-electron chi connectivity index (χ3n) is 4.39. The fraction of sp³-hybridized carbons (Fsp3) is 0.435. The SMILES string of the molecule is COc1ccc2cc([C@H](C)C(=O)OCCNC(=O)CNC(=O)OC(C)(C)C)ccc2c1. The fourth-order valence-corrected chi connectivity index (χ4v) is 2.77. The molecular weight excluding hydrogens is 400 g/mol. The van der Waals surface area contributed by atoms with Gasteiger partial charge < -0.3 is 24.8 Å². The van der Waals surface area contributed by atoms with E-state index in [9.17, 15) is 14.4 Å². The van der Waals surface area contributed by atoms with Gasteiger partial charge in [-0.15, -0.1) is 0 Å². The smallest absolute Gasteiger partial charge is 0.408 e. The highest BCUT2D eigenvalue weighted by Gasteiger charge is 2.18. The van der Waals surface area contributed by atoms with E-state index in [-0.39, 0.29) is 25.7 Å². The summed E-state index contributed by atoms with van der Waals surface area (Å²) in [5, 5.41) is 6.96. The Labute approximate surface area is 182 Å². The molecule has 0 aliphatic heterocycles. The number of methoxy groups -OCH3 is 1. The lowest BCUT2D eigenvalue weighted by Gasteiger charge is -2.19. The van der Waals surface area contributed by atoms with Gasteiger partial charge in [-0.1, -0.05) is 24.3 Å². The normalized spacial score (nSPS) is 12.0. The summed E-state index contributed by atoms with van der Waals surface area (Å²) in [4.78, 5) is 35.6. The van der Waals surface area contributed by atoms with Crippen molar-refractivity contribution in [2.24, 2.45) is 0 Å². The van der Waals surface area contributed by atoms with Crippen molar-refractivity contribution in [3.8, 4) is 5.75 Å². The predicted molar refractivity (Wildman–Crippen MR) is 117 cm³/mol. The minimum Gasteiger partial charge on any atom is -0.497 e. The van der Waals surface area contributed by atoms with Crippen molar-refractivity contribution in [3.63, 3.8) is 0 Å². The van der Waals surface area contributed by atoms with E-state index >= 15 is 0 Å². The number of ether oxygens (including phenoxy) is 3. The average molecular weight is 431 g/mol. The molecule has 0 saturated heterocycles. The number of amides is 2. The van der Waals surface area contributed by atoms with Gasteiger partial charge in [0.1, 0.15) is 18.0 Å². The monoisotopic (exact) mass is 430 g/mol. The number of rotatable bonds is 8. The van der Waals surface area contributed by atoms with Gasteiger partial charge in [0.05, 0.1) is 26.1 Å². The average Bonchev–Trinajstić information content (AvgIpc) is 2.72. The minimum absolute atomic E-state index is 0.0339. The summed E-state index contributed by atoms with van der Waals surface area (Å²) in [5.41, 5.74) is 0.205. The zero-order valence-electron chi connectivity index (χ0n) is 18.6. The Kier molecular flexibility index (Phi) is 8.24. The summed E-state index contributed by atoms with van der Waals surface area (Å²) in [6.45, 7) is 6.93. The van der Waals surface area contributed by atoms with Gasteiger partial charge in [0.25, 0.3) is 0 Å². The number of carbonyl (C=O) groups excluding carboxylic acids is 3. The Morgan fingerprint density at radius 2 is 1.68 bits per heavy atom. The molecule has 2 N–H and O–H groups in total. The van der Waals surface area contributed by atoms with E-state index in [1.165, 1.54) is 0 Å². The number of hydrogen-bond donors (Lipinski definition) is 2. The molecule has 0 bridgehead atoms. The van der Waals surface area contributed by atoms with Gasteiger partial charge in [0.2, 0.25) is 5.91 Å². The quantitative estimate of drug-likeness (QED) is 0.493. The molecule has 8 nitrogen and oxygen atoms in total. The van der Waals surface area contributed by atoms with Crippen molar-refractivity contribution in [1.29, 1.82) is 0 Å². The Bertz CT molecular complexity index is 935. The standard InChI is InChI=1S/C23H30N2O6/c1-15(16-6-7-18-13-19(29-5)9-8-17(18)12-16)21(27)30-11-10-24-20(26)14-25-22(28)31-23(2,3)4/h6-9,12-13,15H,10-11,14H2,1-5H3,(H,24,26)(H,25,28)/t15-/m0/s1. The second-order valence-corrected chi connectivity index (χ2v) is 8.07.